The highest BCUT2D eigenvalue weighted by Gasteiger charge is 2.18. The molecule has 1 aromatic rings. The van der Waals surface area contributed by atoms with Crippen LogP contribution in [-0.2, 0) is 9.47 Å². The van der Waals surface area contributed by atoms with E-state index in [4.69, 9.17) is 21.1 Å². The van der Waals surface area contributed by atoms with Gasteiger partial charge in [0.15, 0.2) is 0 Å². The van der Waals surface area contributed by atoms with Crippen molar-refractivity contribution in [3.8, 4) is 0 Å². The monoisotopic (exact) mass is 366 g/mol. The maximum absolute atomic E-state index is 5.99. The highest BCUT2D eigenvalue weighted by Crippen LogP contribution is 2.24. The third-order valence-corrected chi connectivity index (χ3v) is 3.90. The minimum absolute atomic E-state index is 0.110. The van der Waals surface area contributed by atoms with Crippen molar-refractivity contribution in [3.63, 3.8) is 0 Å². The van der Waals surface area contributed by atoms with Gasteiger partial charge in [-0.25, -0.2) is 0 Å². The first-order valence-electron chi connectivity index (χ1n) is 5.84. The van der Waals surface area contributed by atoms with E-state index in [1.54, 1.807) is 0 Å². The minimum Gasteiger partial charge on any atom is -0.376 e. The van der Waals surface area contributed by atoms with Gasteiger partial charge in [-0.05, 0) is 30.5 Å². The van der Waals surface area contributed by atoms with Crippen LogP contribution in [0.1, 0.15) is 24.5 Å². The van der Waals surface area contributed by atoms with Gasteiger partial charge in [0.25, 0.3) is 0 Å². The largest absolute Gasteiger partial charge is 0.376 e. The number of halogens is 2. The first-order valence-corrected chi connectivity index (χ1v) is 7.74. The first kappa shape index (κ1) is 13.6. The van der Waals surface area contributed by atoms with Gasteiger partial charge in [0, 0.05) is 16.1 Å². The summed E-state index contributed by atoms with van der Waals surface area (Å²) < 4.78 is 12.4. The standard InChI is InChI=1S/C13H16ClIO2/c14-11-4-1-3-10(7-11)13(8-15)17-9-12-5-2-6-16-12/h1,3-4,7,12-13H,2,5-6,8-9H2. The summed E-state index contributed by atoms with van der Waals surface area (Å²) in [6.45, 7) is 1.56. The molecule has 1 aromatic carbocycles. The zero-order valence-corrected chi connectivity index (χ0v) is 12.5. The molecule has 0 spiro atoms. The third kappa shape index (κ3) is 4.09. The molecule has 2 atom stereocenters. The van der Waals surface area contributed by atoms with E-state index in [2.05, 4.69) is 28.7 Å². The topological polar surface area (TPSA) is 18.5 Å². The van der Waals surface area contributed by atoms with Crippen LogP contribution < -0.4 is 0 Å². The number of hydrogen-bond acceptors (Lipinski definition) is 2. The van der Waals surface area contributed by atoms with Crippen LogP contribution in [0.25, 0.3) is 0 Å². The SMILES string of the molecule is Clc1cccc(C(CI)OCC2CCCO2)c1. The van der Waals surface area contributed by atoms with E-state index in [1.165, 1.54) is 0 Å². The van der Waals surface area contributed by atoms with Gasteiger partial charge in [0.05, 0.1) is 18.8 Å². The molecule has 0 aromatic heterocycles. The average molecular weight is 367 g/mol. The van der Waals surface area contributed by atoms with Gasteiger partial charge in [-0.1, -0.05) is 46.3 Å². The maximum Gasteiger partial charge on any atom is 0.0916 e. The van der Waals surface area contributed by atoms with Gasteiger partial charge in [0.2, 0.25) is 0 Å². The normalized spacial score (nSPS) is 21.6. The molecule has 0 N–H and O–H groups in total. The fraction of sp³-hybridized carbons (Fsp3) is 0.538. The molecule has 0 radical (unpaired) electrons. The van der Waals surface area contributed by atoms with Crippen molar-refractivity contribution in [1.82, 2.24) is 0 Å². The molecule has 1 heterocycles. The number of alkyl halides is 1. The van der Waals surface area contributed by atoms with Crippen LogP contribution >= 0.6 is 34.2 Å². The van der Waals surface area contributed by atoms with Crippen molar-refractivity contribution in [1.29, 1.82) is 0 Å². The number of benzene rings is 1. The average Bonchev–Trinajstić information content (AvgIpc) is 2.83. The van der Waals surface area contributed by atoms with Crippen LogP contribution in [0, 0.1) is 0 Å². The van der Waals surface area contributed by atoms with Crippen molar-refractivity contribution < 1.29 is 9.47 Å². The Morgan fingerprint density at radius 1 is 1.53 bits per heavy atom. The van der Waals surface area contributed by atoms with Gasteiger partial charge < -0.3 is 9.47 Å². The summed E-state index contributed by atoms with van der Waals surface area (Å²) in [7, 11) is 0. The van der Waals surface area contributed by atoms with E-state index in [1.807, 2.05) is 18.2 Å². The highest BCUT2D eigenvalue weighted by atomic mass is 127. The molecule has 1 aliphatic rings. The van der Waals surface area contributed by atoms with Crippen LogP contribution in [0.2, 0.25) is 5.02 Å². The Bertz CT molecular complexity index is 353. The summed E-state index contributed by atoms with van der Waals surface area (Å²) in [6.07, 6.45) is 2.65. The Morgan fingerprint density at radius 2 is 2.41 bits per heavy atom. The quantitative estimate of drug-likeness (QED) is 0.579. The number of ether oxygens (including phenoxy) is 2. The maximum atomic E-state index is 5.99. The van der Waals surface area contributed by atoms with Gasteiger partial charge in [0.1, 0.15) is 0 Å². The van der Waals surface area contributed by atoms with Crippen LogP contribution in [0.5, 0.6) is 0 Å². The van der Waals surface area contributed by atoms with Crippen molar-refractivity contribution >= 4 is 34.2 Å². The van der Waals surface area contributed by atoms with Crippen LogP contribution in [-0.4, -0.2) is 23.7 Å². The summed E-state index contributed by atoms with van der Waals surface area (Å²) >= 11 is 8.33. The Hall–Kier alpha value is 0.160. The second-order valence-electron chi connectivity index (χ2n) is 4.17. The molecule has 0 amide bonds. The second-order valence-corrected chi connectivity index (χ2v) is 5.48. The lowest BCUT2D eigenvalue weighted by Gasteiger charge is -2.18. The van der Waals surface area contributed by atoms with Crippen LogP contribution in [0.3, 0.4) is 0 Å². The van der Waals surface area contributed by atoms with Crippen LogP contribution in [0.4, 0.5) is 0 Å². The molecule has 1 aliphatic heterocycles. The summed E-state index contributed by atoms with van der Waals surface area (Å²) in [5, 5.41) is 0.762. The molecular formula is C13H16ClIO2. The van der Waals surface area contributed by atoms with Gasteiger partial charge >= 0.3 is 0 Å². The lowest BCUT2D eigenvalue weighted by atomic mass is 10.1. The Morgan fingerprint density at radius 3 is 3.06 bits per heavy atom. The molecule has 0 aliphatic carbocycles. The lowest BCUT2D eigenvalue weighted by Crippen LogP contribution is -2.17. The zero-order valence-electron chi connectivity index (χ0n) is 9.57. The number of rotatable bonds is 5. The molecule has 0 saturated carbocycles. The highest BCUT2D eigenvalue weighted by molar-refractivity contribution is 14.1. The summed E-state index contributed by atoms with van der Waals surface area (Å²) in [4.78, 5) is 0. The fourth-order valence-corrected chi connectivity index (χ4v) is 2.90. The van der Waals surface area contributed by atoms with E-state index in [9.17, 15) is 0 Å². The smallest absolute Gasteiger partial charge is 0.0916 e. The Labute approximate surface area is 121 Å². The van der Waals surface area contributed by atoms with Crippen molar-refractivity contribution in [2.45, 2.75) is 25.0 Å². The number of hydrogen-bond donors (Lipinski definition) is 0. The van der Waals surface area contributed by atoms with Gasteiger partial charge in [-0.2, -0.15) is 0 Å². The first-order chi connectivity index (χ1) is 8.29. The van der Waals surface area contributed by atoms with E-state index < -0.39 is 0 Å². The molecule has 4 heteroatoms. The second kappa shape index (κ2) is 6.92. The summed E-state index contributed by atoms with van der Waals surface area (Å²) in [6, 6.07) is 7.88. The third-order valence-electron chi connectivity index (χ3n) is 2.87. The van der Waals surface area contributed by atoms with Gasteiger partial charge in [-0.3, -0.25) is 0 Å². The molecule has 0 bridgehead atoms. The van der Waals surface area contributed by atoms with Crippen molar-refractivity contribution in [3.05, 3.63) is 34.9 Å². The molecular weight excluding hydrogens is 350 g/mol. The summed E-state index contributed by atoms with van der Waals surface area (Å²) in [5.41, 5.74) is 1.14. The van der Waals surface area contributed by atoms with Crippen LogP contribution in [0.15, 0.2) is 24.3 Å². The molecule has 2 nitrogen and oxygen atoms in total. The molecule has 2 unspecified atom stereocenters. The van der Waals surface area contributed by atoms with E-state index in [-0.39, 0.29) is 12.2 Å². The Balaban J connectivity index is 1.91. The minimum atomic E-state index is 0.110. The lowest BCUT2D eigenvalue weighted by molar-refractivity contribution is -0.0122. The van der Waals surface area contributed by atoms with Gasteiger partial charge in [-0.15, -0.1) is 0 Å². The fourth-order valence-electron chi connectivity index (χ4n) is 1.94. The molecule has 1 saturated heterocycles. The predicted molar refractivity (Wildman–Crippen MR) is 78.0 cm³/mol. The molecule has 2 rings (SSSR count). The Kier molecular flexibility index (Phi) is 5.53. The van der Waals surface area contributed by atoms with Crippen molar-refractivity contribution in [2.24, 2.45) is 0 Å². The van der Waals surface area contributed by atoms with E-state index in [0.29, 0.717) is 6.61 Å². The molecule has 94 valence electrons. The summed E-state index contributed by atoms with van der Waals surface area (Å²) in [5.74, 6) is 0. The molecule has 17 heavy (non-hydrogen) atoms. The van der Waals surface area contributed by atoms with Crippen molar-refractivity contribution in [2.75, 3.05) is 17.6 Å². The predicted octanol–water partition coefficient (Wildman–Crippen LogP) is 4.01. The zero-order chi connectivity index (χ0) is 12.1. The van der Waals surface area contributed by atoms with E-state index >= 15 is 0 Å². The molecule has 1 fully saturated rings. The van der Waals surface area contributed by atoms with E-state index in [0.717, 1.165) is 34.5 Å².